The summed E-state index contributed by atoms with van der Waals surface area (Å²) >= 11 is 3.42. The molecule has 2 atom stereocenters. The molecule has 3 rings (SSSR count). The lowest BCUT2D eigenvalue weighted by atomic mass is 10.1. The van der Waals surface area contributed by atoms with Gasteiger partial charge in [0.1, 0.15) is 5.75 Å². The van der Waals surface area contributed by atoms with E-state index in [0.717, 1.165) is 10.0 Å². The van der Waals surface area contributed by atoms with Crippen LogP contribution in [-0.2, 0) is 9.53 Å². The Bertz CT molecular complexity index is 846. The van der Waals surface area contributed by atoms with Gasteiger partial charge in [-0.3, -0.25) is 10.1 Å². The number of likely N-dealkylation sites (N-methyl/N-ethyl adjacent to an activating group) is 1. The van der Waals surface area contributed by atoms with Gasteiger partial charge in [-0.1, -0.05) is 15.9 Å². The number of hydrogen-bond acceptors (Lipinski definition) is 8. The molecule has 3 amide bonds. The molecule has 29 heavy (non-hydrogen) atoms. The van der Waals surface area contributed by atoms with Crippen LogP contribution in [0.25, 0.3) is 0 Å². The monoisotopic (exact) mass is 466 g/mol. The van der Waals surface area contributed by atoms with E-state index in [1.165, 1.54) is 4.90 Å². The Labute approximate surface area is 177 Å². The third kappa shape index (κ3) is 4.51. The van der Waals surface area contributed by atoms with Gasteiger partial charge in [0, 0.05) is 30.2 Å². The molecule has 0 radical (unpaired) electrons. The van der Waals surface area contributed by atoms with Gasteiger partial charge in [0.2, 0.25) is 5.96 Å². The average Bonchev–Trinajstić information content (AvgIpc) is 3.06. The maximum atomic E-state index is 12.4. The van der Waals surface area contributed by atoms with Gasteiger partial charge in [-0.15, -0.1) is 0 Å². The zero-order valence-corrected chi connectivity index (χ0v) is 18.0. The first-order chi connectivity index (χ1) is 14.0. The molecule has 0 spiro atoms. The van der Waals surface area contributed by atoms with Crippen molar-refractivity contribution in [1.82, 2.24) is 20.5 Å². The highest BCUT2D eigenvalue weighted by molar-refractivity contribution is 9.10. The minimum Gasteiger partial charge on any atom is -0.496 e. The van der Waals surface area contributed by atoms with Gasteiger partial charge in [0.15, 0.2) is 12.2 Å². The van der Waals surface area contributed by atoms with Crippen LogP contribution in [0.3, 0.4) is 0 Å². The number of benzene rings is 1. The number of fused-ring (bicyclic) bond motifs is 1. The van der Waals surface area contributed by atoms with Crippen LogP contribution in [0.4, 0.5) is 4.79 Å². The summed E-state index contributed by atoms with van der Waals surface area (Å²) in [5, 5.41) is 6.60. The van der Waals surface area contributed by atoms with Crippen LogP contribution in [0.15, 0.2) is 32.8 Å². The molecule has 2 aliphatic heterocycles. The molecule has 2 N–H and O–H groups in total. The number of carbonyl (C=O) groups is 2. The molecule has 1 aromatic carbocycles. The second-order valence-electron chi connectivity index (χ2n) is 6.36. The molecule has 156 valence electrons. The SMILES string of the molecule is CCOCCN1C(N/N=C/c2cc(Br)ccc2OC)=NC2C1C(=O)NC(=O)N2C. The number of urea groups is 1. The number of methoxy groups -OCH3 is 1. The summed E-state index contributed by atoms with van der Waals surface area (Å²) in [5.41, 5.74) is 3.65. The third-order valence-corrected chi connectivity index (χ3v) is 5.09. The maximum Gasteiger partial charge on any atom is 0.325 e. The summed E-state index contributed by atoms with van der Waals surface area (Å²) in [6, 6.07) is 4.44. The minimum atomic E-state index is -0.642. The number of ether oxygens (including phenoxy) is 2. The lowest BCUT2D eigenvalue weighted by Crippen LogP contribution is -2.64. The van der Waals surface area contributed by atoms with E-state index in [9.17, 15) is 9.59 Å². The number of halogens is 1. The molecule has 0 aliphatic carbocycles. The molecular weight excluding hydrogens is 444 g/mol. The van der Waals surface area contributed by atoms with E-state index in [0.29, 0.717) is 31.5 Å². The van der Waals surface area contributed by atoms with Crippen LogP contribution in [0, 0.1) is 0 Å². The first-order valence-electron chi connectivity index (χ1n) is 9.08. The largest absolute Gasteiger partial charge is 0.496 e. The van der Waals surface area contributed by atoms with Crippen molar-refractivity contribution in [1.29, 1.82) is 0 Å². The lowest BCUT2D eigenvalue weighted by molar-refractivity contribution is -0.127. The van der Waals surface area contributed by atoms with Gasteiger partial charge in [-0.2, -0.15) is 5.10 Å². The van der Waals surface area contributed by atoms with Crippen LogP contribution < -0.4 is 15.5 Å². The summed E-state index contributed by atoms with van der Waals surface area (Å²) in [6.07, 6.45) is 0.972. The number of carbonyl (C=O) groups excluding carboxylic acids is 2. The van der Waals surface area contributed by atoms with Crippen molar-refractivity contribution >= 4 is 40.0 Å². The molecule has 1 saturated heterocycles. The molecule has 10 nitrogen and oxygen atoms in total. The van der Waals surface area contributed by atoms with E-state index in [4.69, 9.17) is 9.47 Å². The van der Waals surface area contributed by atoms with E-state index in [1.807, 2.05) is 25.1 Å². The Morgan fingerprint density at radius 3 is 2.93 bits per heavy atom. The van der Waals surface area contributed by atoms with Crippen molar-refractivity contribution < 1.29 is 19.1 Å². The fraction of sp³-hybridized carbons (Fsp3) is 0.444. The predicted octanol–water partition coefficient (Wildman–Crippen LogP) is 0.966. The van der Waals surface area contributed by atoms with Crippen molar-refractivity contribution in [2.24, 2.45) is 10.1 Å². The van der Waals surface area contributed by atoms with E-state index in [2.05, 4.69) is 36.8 Å². The zero-order chi connectivity index (χ0) is 21.0. The topological polar surface area (TPSA) is 108 Å². The number of nitrogens with one attached hydrogen (secondary N) is 2. The molecular formula is C18H23BrN6O4. The standard InChI is InChI=1S/C18H23BrN6O4/c1-4-29-8-7-25-14-15(24(2)18(27)22-16(14)26)21-17(25)23-20-10-11-9-12(19)5-6-13(11)28-3/h5-6,9-10,14-15H,4,7-8H2,1-3H3,(H,21,23)(H,22,26,27)/b20-10+. The number of nitrogens with zero attached hydrogens (tertiary/aromatic N) is 4. The molecule has 0 aromatic heterocycles. The average molecular weight is 467 g/mol. The molecule has 2 heterocycles. The van der Waals surface area contributed by atoms with Crippen LogP contribution in [0.1, 0.15) is 12.5 Å². The quantitative estimate of drug-likeness (QED) is 0.352. The van der Waals surface area contributed by atoms with Gasteiger partial charge in [0.25, 0.3) is 5.91 Å². The molecule has 1 aromatic rings. The summed E-state index contributed by atoms with van der Waals surface area (Å²) in [6.45, 7) is 3.29. The van der Waals surface area contributed by atoms with Gasteiger partial charge in [-0.25, -0.2) is 15.2 Å². The third-order valence-electron chi connectivity index (χ3n) is 4.60. The lowest BCUT2D eigenvalue weighted by Gasteiger charge is -2.35. The molecule has 11 heteroatoms. The first-order valence-corrected chi connectivity index (χ1v) is 9.88. The Hall–Kier alpha value is -2.66. The van der Waals surface area contributed by atoms with E-state index >= 15 is 0 Å². The van der Waals surface area contributed by atoms with Crippen LogP contribution >= 0.6 is 15.9 Å². The smallest absolute Gasteiger partial charge is 0.325 e. The highest BCUT2D eigenvalue weighted by Crippen LogP contribution is 2.24. The van der Waals surface area contributed by atoms with Crippen molar-refractivity contribution in [3.63, 3.8) is 0 Å². The molecule has 2 unspecified atom stereocenters. The zero-order valence-electron chi connectivity index (χ0n) is 16.4. The number of imide groups is 1. The van der Waals surface area contributed by atoms with Gasteiger partial charge >= 0.3 is 6.03 Å². The normalized spacial score (nSPS) is 21.3. The molecule has 1 fully saturated rings. The van der Waals surface area contributed by atoms with Crippen LogP contribution in [-0.4, -0.2) is 80.0 Å². The Kier molecular flexibility index (Phi) is 6.70. The van der Waals surface area contributed by atoms with Crippen molar-refractivity contribution in [2.75, 3.05) is 33.9 Å². The van der Waals surface area contributed by atoms with Crippen molar-refractivity contribution in [3.05, 3.63) is 28.2 Å². The summed E-state index contributed by atoms with van der Waals surface area (Å²) in [7, 11) is 3.18. The number of rotatable bonds is 7. The maximum absolute atomic E-state index is 12.4. The van der Waals surface area contributed by atoms with Gasteiger partial charge in [0.05, 0.1) is 19.9 Å². The fourth-order valence-electron chi connectivity index (χ4n) is 3.14. The van der Waals surface area contributed by atoms with Crippen LogP contribution in [0.2, 0.25) is 0 Å². The fourth-order valence-corrected chi connectivity index (χ4v) is 3.52. The Morgan fingerprint density at radius 1 is 1.41 bits per heavy atom. The van der Waals surface area contributed by atoms with E-state index in [1.54, 1.807) is 25.3 Å². The summed E-state index contributed by atoms with van der Waals surface area (Å²) in [4.78, 5) is 32.0. The van der Waals surface area contributed by atoms with E-state index in [-0.39, 0.29) is 0 Å². The first kappa shape index (κ1) is 21.1. The summed E-state index contributed by atoms with van der Waals surface area (Å²) in [5.74, 6) is 0.660. The number of hydrazone groups is 1. The van der Waals surface area contributed by atoms with E-state index < -0.39 is 24.1 Å². The highest BCUT2D eigenvalue weighted by Gasteiger charge is 2.48. The Balaban J connectivity index is 1.80. The number of amides is 3. The summed E-state index contributed by atoms with van der Waals surface area (Å²) < 4.78 is 11.6. The second-order valence-corrected chi connectivity index (χ2v) is 7.28. The number of hydrogen-bond donors (Lipinski definition) is 2. The highest BCUT2D eigenvalue weighted by atomic mass is 79.9. The van der Waals surface area contributed by atoms with Gasteiger partial charge in [-0.05, 0) is 25.1 Å². The second kappa shape index (κ2) is 9.23. The molecule has 2 aliphatic rings. The number of aliphatic imine (C=N–C) groups is 1. The number of guanidine groups is 1. The Morgan fingerprint density at radius 2 is 2.21 bits per heavy atom. The van der Waals surface area contributed by atoms with Crippen molar-refractivity contribution in [3.8, 4) is 5.75 Å². The predicted molar refractivity (Wildman–Crippen MR) is 111 cm³/mol. The van der Waals surface area contributed by atoms with Crippen molar-refractivity contribution in [2.45, 2.75) is 19.1 Å². The molecule has 0 saturated carbocycles. The van der Waals surface area contributed by atoms with Crippen LogP contribution in [0.5, 0.6) is 5.75 Å². The van der Waals surface area contributed by atoms with Gasteiger partial charge < -0.3 is 19.3 Å². The minimum absolute atomic E-state index is 0.390. The molecule has 0 bridgehead atoms.